The van der Waals surface area contributed by atoms with E-state index in [4.69, 9.17) is 0 Å². The van der Waals surface area contributed by atoms with Gasteiger partial charge in [0.05, 0.1) is 28.6 Å². The lowest BCUT2D eigenvalue weighted by molar-refractivity contribution is -0.137. The van der Waals surface area contributed by atoms with E-state index in [1.54, 1.807) is 12.4 Å². The summed E-state index contributed by atoms with van der Waals surface area (Å²) in [4.78, 5) is 12.7. The Morgan fingerprint density at radius 3 is 2.44 bits per heavy atom. The molecular weight excluding hydrogens is 355 g/mol. The average Bonchev–Trinajstić information content (AvgIpc) is 3.02. The van der Waals surface area contributed by atoms with Gasteiger partial charge < -0.3 is 9.88 Å². The Morgan fingerprint density at radius 1 is 0.926 bits per heavy atom. The fourth-order valence-corrected chi connectivity index (χ4v) is 2.77. The first-order chi connectivity index (χ1) is 12.9. The lowest BCUT2D eigenvalue weighted by Gasteiger charge is -2.10. The van der Waals surface area contributed by atoms with Crippen LogP contribution >= 0.6 is 0 Å². The molecule has 5 nitrogen and oxygen atoms in total. The third-order valence-corrected chi connectivity index (χ3v) is 4.17. The molecule has 27 heavy (non-hydrogen) atoms. The summed E-state index contributed by atoms with van der Waals surface area (Å²) >= 11 is 0. The topological polar surface area (TPSA) is 55.6 Å². The minimum Gasteiger partial charge on any atom is -0.340 e. The smallest absolute Gasteiger partial charge is 0.340 e. The van der Waals surface area contributed by atoms with E-state index in [2.05, 4.69) is 20.3 Å². The first kappa shape index (κ1) is 17.0. The number of anilines is 2. The van der Waals surface area contributed by atoms with Gasteiger partial charge >= 0.3 is 6.18 Å². The average molecular weight is 369 g/mol. The van der Waals surface area contributed by atoms with Crippen LogP contribution in [0.1, 0.15) is 5.56 Å². The highest BCUT2D eigenvalue weighted by molar-refractivity contribution is 5.81. The molecule has 2 aromatic carbocycles. The number of nitrogens with zero attached hydrogens (tertiary/aromatic N) is 4. The number of aromatic nitrogens is 4. The summed E-state index contributed by atoms with van der Waals surface area (Å²) < 4.78 is 39.9. The Kier molecular flexibility index (Phi) is 4.02. The fraction of sp³-hybridized carbons (Fsp3) is 0.105. The summed E-state index contributed by atoms with van der Waals surface area (Å²) in [5.41, 5.74) is 3.24. The SMILES string of the molecule is Cn1cnc2cc(-c3cc(Nc4ccc(C(F)(F)F)cc4)ncn3)ccc21. The first-order valence-corrected chi connectivity index (χ1v) is 8.08. The van der Waals surface area contributed by atoms with Gasteiger partial charge in [-0.2, -0.15) is 13.2 Å². The van der Waals surface area contributed by atoms with E-state index in [0.717, 1.165) is 28.7 Å². The monoisotopic (exact) mass is 369 g/mol. The van der Waals surface area contributed by atoms with Crippen LogP contribution in [-0.4, -0.2) is 19.5 Å². The van der Waals surface area contributed by atoms with Crippen LogP contribution in [0.25, 0.3) is 22.3 Å². The van der Waals surface area contributed by atoms with E-state index in [-0.39, 0.29) is 0 Å². The Balaban J connectivity index is 1.60. The van der Waals surface area contributed by atoms with Crippen molar-refractivity contribution in [2.24, 2.45) is 7.05 Å². The Labute approximate surface area is 152 Å². The molecular formula is C19H14F3N5. The van der Waals surface area contributed by atoms with Gasteiger partial charge in [0.2, 0.25) is 0 Å². The van der Waals surface area contributed by atoms with E-state index in [1.807, 2.05) is 29.8 Å². The summed E-state index contributed by atoms with van der Waals surface area (Å²) in [5, 5.41) is 3.00. The number of benzene rings is 2. The number of alkyl halides is 3. The van der Waals surface area contributed by atoms with Gasteiger partial charge in [-0.05, 0) is 36.4 Å². The largest absolute Gasteiger partial charge is 0.416 e. The molecule has 2 heterocycles. The maximum atomic E-state index is 12.7. The standard InChI is InChI=1S/C19H14F3N5/c1-27-11-25-16-8-12(2-7-17(16)27)15-9-18(24-10-23-15)26-14-5-3-13(4-6-14)19(20,21)22/h2-11H,1H3,(H,23,24,26). The third kappa shape index (κ3) is 3.46. The maximum Gasteiger partial charge on any atom is 0.416 e. The van der Waals surface area contributed by atoms with Crippen LogP contribution in [0, 0.1) is 0 Å². The molecule has 136 valence electrons. The number of nitrogens with one attached hydrogen (secondary N) is 1. The zero-order chi connectivity index (χ0) is 19.0. The zero-order valence-electron chi connectivity index (χ0n) is 14.2. The number of fused-ring (bicyclic) bond motifs is 1. The summed E-state index contributed by atoms with van der Waals surface area (Å²) in [6, 6.07) is 12.4. The van der Waals surface area contributed by atoms with Gasteiger partial charge in [-0.3, -0.25) is 0 Å². The normalized spacial score (nSPS) is 11.7. The van der Waals surface area contributed by atoms with Crippen LogP contribution in [0.2, 0.25) is 0 Å². The molecule has 0 amide bonds. The molecule has 8 heteroatoms. The zero-order valence-corrected chi connectivity index (χ0v) is 14.2. The fourth-order valence-electron chi connectivity index (χ4n) is 2.77. The molecule has 0 fully saturated rings. The molecule has 0 saturated carbocycles. The molecule has 0 unspecified atom stereocenters. The molecule has 0 bridgehead atoms. The van der Waals surface area contributed by atoms with Crippen molar-refractivity contribution >= 4 is 22.5 Å². The van der Waals surface area contributed by atoms with E-state index in [1.165, 1.54) is 18.5 Å². The lowest BCUT2D eigenvalue weighted by Crippen LogP contribution is -2.04. The third-order valence-electron chi connectivity index (χ3n) is 4.17. The summed E-state index contributed by atoms with van der Waals surface area (Å²) in [5.74, 6) is 0.487. The van der Waals surface area contributed by atoms with Crippen LogP contribution in [0.15, 0.2) is 61.2 Å². The minimum atomic E-state index is -4.36. The second kappa shape index (κ2) is 6.39. The van der Waals surface area contributed by atoms with Crippen LogP contribution in [0.3, 0.4) is 0 Å². The number of imidazole rings is 1. The van der Waals surface area contributed by atoms with Crippen molar-refractivity contribution < 1.29 is 13.2 Å². The highest BCUT2D eigenvalue weighted by atomic mass is 19.4. The van der Waals surface area contributed by atoms with Gasteiger partial charge in [-0.25, -0.2) is 15.0 Å². The van der Waals surface area contributed by atoms with Gasteiger partial charge in [0.15, 0.2) is 0 Å². The number of hydrogen-bond donors (Lipinski definition) is 1. The second-order valence-electron chi connectivity index (χ2n) is 6.05. The molecule has 2 aromatic heterocycles. The van der Waals surface area contributed by atoms with Crippen LogP contribution in [0.5, 0.6) is 0 Å². The van der Waals surface area contributed by atoms with E-state index in [0.29, 0.717) is 17.2 Å². The molecule has 0 saturated heterocycles. The summed E-state index contributed by atoms with van der Waals surface area (Å²) in [6.45, 7) is 0. The second-order valence-corrected chi connectivity index (χ2v) is 6.05. The predicted octanol–water partition coefficient (Wildman–Crippen LogP) is 4.79. The van der Waals surface area contributed by atoms with E-state index < -0.39 is 11.7 Å². The lowest BCUT2D eigenvalue weighted by atomic mass is 10.1. The molecule has 0 radical (unpaired) electrons. The molecule has 0 atom stereocenters. The Bertz CT molecular complexity index is 1100. The van der Waals surface area contributed by atoms with Crippen molar-refractivity contribution in [3.63, 3.8) is 0 Å². The number of aryl methyl sites for hydroxylation is 1. The van der Waals surface area contributed by atoms with Crippen molar-refractivity contribution in [1.29, 1.82) is 0 Å². The molecule has 1 N–H and O–H groups in total. The number of halogens is 3. The van der Waals surface area contributed by atoms with Crippen molar-refractivity contribution in [2.45, 2.75) is 6.18 Å². The Hall–Kier alpha value is -3.42. The summed E-state index contributed by atoms with van der Waals surface area (Å²) in [7, 11) is 1.92. The molecule has 4 rings (SSSR count). The Morgan fingerprint density at radius 2 is 1.70 bits per heavy atom. The van der Waals surface area contributed by atoms with Gasteiger partial charge in [0.25, 0.3) is 0 Å². The number of hydrogen-bond acceptors (Lipinski definition) is 4. The van der Waals surface area contributed by atoms with Crippen LogP contribution in [0.4, 0.5) is 24.7 Å². The van der Waals surface area contributed by atoms with E-state index in [9.17, 15) is 13.2 Å². The number of rotatable bonds is 3. The molecule has 0 spiro atoms. The first-order valence-electron chi connectivity index (χ1n) is 8.08. The van der Waals surface area contributed by atoms with E-state index >= 15 is 0 Å². The van der Waals surface area contributed by atoms with Gasteiger partial charge in [-0.15, -0.1) is 0 Å². The highest BCUT2D eigenvalue weighted by Crippen LogP contribution is 2.30. The van der Waals surface area contributed by atoms with Crippen LogP contribution in [-0.2, 0) is 13.2 Å². The van der Waals surface area contributed by atoms with Gasteiger partial charge in [0, 0.05) is 24.4 Å². The molecule has 0 aliphatic rings. The summed E-state index contributed by atoms with van der Waals surface area (Å²) in [6.07, 6.45) is -1.21. The van der Waals surface area contributed by atoms with Gasteiger partial charge in [0.1, 0.15) is 12.1 Å². The molecule has 0 aliphatic heterocycles. The van der Waals surface area contributed by atoms with Crippen LogP contribution < -0.4 is 5.32 Å². The van der Waals surface area contributed by atoms with Crippen molar-refractivity contribution in [3.8, 4) is 11.3 Å². The van der Waals surface area contributed by atoms with Crippen molar-refractivity contribution in [1.82, 2.24) is 19.5 Å². The predicted molar refractivity (Wildman–Crippen MR) is 96.5 cm³/mol. The molecule has 0 aliphatic carbocycles. The quantitative estimate of drug-likeness (QED) is 0.564. The van der Waals surface area contributed by atoms with Crippen molar-refractivity contribution in [3.05, 3.63) is 66.7 Å². The molecule has 4 aromatic rings. The minimum absolute atomic E-state index is 0.487. The van der Waals surface area contributed by atoms with Gasteiger partial charge in [-0.1, -0.05) is 6.07 Å². The van der Waals surface area contributed by atoms with Crippen molar-refractivity contribution in [2.75, 3.05) is 5.32 Å². The maximum absolute atomic E-state index is 12.7. The highest BCUT2D eigenvalue weighted by Gasteiger charge is 2.29.